The summed E-state index contributed by atoms with van der Waals surface area (Å²) in [5.74, 6) is 0.830. The van der Waals surface area contributed by atoms with E-state index in [-0.39, 0.29) is 12.0 Å². The summed E-state index contributed by atoms with van der Waals surface area (Å²) in [5, 5.41) is 0.974. The van der Waals surface area contributed by atoms with E-state index in [1.54, 1.807) is 18.2 Å². The largest absolute Gasteiger partial charge is 0.488 e. The Morgan fingerprint density at radius 2 is 2.20 bits per heavy atom. The predicted octanol–water partition coefficient (Wildman–Crippen LogP) is 2.71. The molecule has 1 saturated heterocycles. The highest BCUT2D eigenvalue weighted by Crippen LogP contribution is 2.28. The Bertz CT molecular complexity index is 482. The van der Waals surface area contributed by atoms with Gasteiger partial charge in [-0.1, -0.05) is 23.2 Å². The Balaban J connectivity index is 1.86. The molecule has 1 amide bonds. The van der Waals surface area contributed by atoms with E-state index in [4.69, 9.17) is 33.7 Å². The van der Waals surface area contributed by atoms with Crippen molar-refractivity contribution in [2.45, 2.75) is 25.4 Å². The molecule has 110 valence electrons. The summed E-state index contributed by atoms with van der Waals surface area (Å²) in [5.41, 5.74) is 5.41. The van der Waals surface area contributed by atoms with Crippen LogP contribution in [0.3, 0.4) is 0 Å². The number of likely N-dealkylation sites (tertiary alicyclic amines) is 1. The number of nitrogens with zero attached hydrogens (tertiary/aromatic N) is 1. The van der Waals surface area contributed by atoms with Crippen LogP contribution in [0, 0.1) is 0 Å². The number of nitrogens with two attached hydrogens (primary N) is 1. The van der Waals surface area contributed by atoms with Gasteiger partial charge in [-0.3, -0.25) is 4.79 Å². The van der Waals surface area contributed by atoms with Crippen molar-refractivity contribution < 1.29 is 9.53 Å². The molecule has 0 aromatic heterocycles. The molecule has 6 heteroatoms. The fourth-order valence-electron chi connectivity index (χ4n) is 2.20. The molecule has 1 aromatic carbocycles. The minimum atomic E-state index is 0.00840. The van der Waals surface area contributed by atoms with E-state index in [1.165, 1.54) is 0 Å². The molecule has 20 heavy (non-hydrogen) atoms. The fourth-order valence-corrected chi connectivity index (χ4v) is 2.49. The molecule has 0 saturated carbocycles. The lowest BCUT2D eigenvalue weighted by Gasteiger charge is -2.17. The number of carbonyl (C=O) groups excluding carboxylic acids is 1. The first-order valence-corrected chi connectivity index (χ1v) is 7.45. The SMILES string of the molecule is NCCCC(=O)N1CC[C@H](Oc2ccc(Cl)c(Cl)c2)C1. The molecule has 0 radical (unpaired) electrons. The van der Waals surface area contributed by atoms with Crippen LogP contribution in [-0.2, 0) is 4.79 Å². The molecule has 1 heterocycles. The van der Waals surface area contributed by atoms with Crippen molar-refractivity contribution in [3.8, 4) is 5.75 Å². The van der Waals surface area contributed by atoms with Gasteiger partial charge in [0, 0.05) is 25.5 Å². The van der Waals surface area contributed by atoms with Crippen molar-refractivity contribution in [1.82, 2.24) is 4.90 Å². The number of halogens is 2. The van der Waals surface area contributed by atoms with Crippen molar-refractivity contribution in [2.24, 2.45) is 5.73 Å². The number of hydrogen-bond donors (Lipinski definition) is 1. The van der Waals surface area contributed by atoms with Gasteiger partial charge >= 0.3 is 0 Å². The maximum absolute atomic E-state index is 11.9. The maximum atomic E-state index is 11.9. The number of amides is 1. The zero-order chi connectivity index (χ0) is 14.5. The van der Waals surface area contributed by atoms with Crippen LogP contribution in [0.15, 0.2) is 18.2 Å². The molecular weight excluding hydrogens is 299 g/mol. The molecule has 0 unspecified atom stereocenters. The van der Waals surface area contributed by atoms with Crippen LogP contribution >= 0.6 is 23.2 Å². The third-order valence-electron chi connectivity index (χ3n) is 3.29. The standard InChI is InChI=1S/C14H18Cl2N2O2/c15-12-4-3-10(8-13(12)16)20-11-5-7-18(9-11)14(19)2-1-6-17/h3-4,8,11H,1-2,5-7,9,17H2/t11-/m0/s1. The highest BCUT2D eigenvalue weighted by Gasteiger charge is 2.27. The topological polar surface area (TPSA) is 55.6 Å². The van der Waals surface area contributed by atoms with E-state index >= 15 is 0 Å². The molecule has 1 fully saturated rings. The van der Waals surface area contributed by atoms with Crippen molar-refractivity contribution in [2.75, 3.05) is 19.6 Å². The van der Waals surface area contributed by atoms with E-state index in [0.717, 1.165) is 19.4 Å². The van der Waals surface area contributed by atoms with Gasteiger partial charge in [-0.25, -0.2) is 0 Å². The highest BCUT2D eigenvalue weighted by molar-refractivity contribution is 6.42. The Hall–Kier alpha value is -0.970. The lowest BCUT2D eigenvalue weighted by atomic mass is 10.3. The van der Waals surface area contributed by atoms with E-state index in [1.807, 2.05) is 4.90 Å². The van der Waals surface area contributed by atoms with E-state index < -0.39 is 0 Å². The number of ether oxygens (including phenoxy) is 1. The van der Waals surface area contributed by atoms with Crippen LogP contribution in [0.1, 0.15) is 19.3 Å². The molecule has 0 spiro atoms. The van der Waals surface area contributed by atoms with Gasteiger partial charge < -0.3 is 15.4 Å². The number of benzene rings is 1. The maximum Gasteiger partial charge on any atom is 0.222 e. The second-order valence-corrected chi connectivity index (χ2v) is 5.65. The number of rotatable bonds is 5. The van der Waals surface area contributed by atoms with Crippen LogP contribution in [0.2, 0.25) is 10.0 Å². The molecule has 2 N–H and O–H groups in total. The smallest absolute Gasteiger partial charge is 0.222 e. The molecule has 1 aliphatic rings. The summed E-state index contributed by atoms with van der Waals surface area (Å²) in [7, 11) is 0. The monoisotopic (exact) mass is 316 g/mol. The lowest BCUT2D eigenvalue weighted by molar-refractivity contribution is -0.130. The Kier molecular flexibility index (Phi) is 5.52. The number of carbonyl (C=O) groups is 1. The van der Waals surface area contributed by atoms with Gasteiger partial charge in [0.25, 0.3) is 0 Å². The summed E-state index contributed by atoms with van der Waals surface area (Å²) >= 11 is 11.8. The molecule has 0 bridgehead atoms. The van der Waals surface area contributed by atoms with Gasteiger partial charge in [0.05, 0.1) is 16.6 Å². The molecule has 1 aromatic rings. The Labute approximate surface area is 128 Å². The Morgan fingerprint density at radius 1 is 1.40 bits per heavy atom. The van der Waals surface area contributed by atoms with Gasteiger partial charge in [-0.15, -0.1) is 0 Å². The third kappa shape index (κ3) is 4.01. The normalized spacial score (nSPS) is 18.4. The quantitative estimate of drug-likeness (QED) is 0.908. The first-order valence-electron chi connectivity index (χ1n) is 6.69. The van der Waals surface area contributed by atoms with Crippen LogP contribution in [0.25, 0.3) is 0 Å². The number of hydrogen-bond acceptors (Lipinski definition) is 3. The van der Waals surface area contributed by atoms with Crippen molar-refractivity contribution in [1.29, 1.82) is 0 Å². The average molecular weight is 317 g/mol. The van der Waals surface area contributed by atoms with Crippen LogP contribution in [-0.4, -0.2) is 36.5 Å². The predicted molar refractivity (Wildman–Crippen MR) is 80.4 cm³/mol. The van der Waals surface area contributed by atoms with Gasteiger partial charge in [-0.2, -0.15) is 0 Å². The van der Waals surface area contributed by atoms with Gasteiger partial charge in [0.1, 0.15) is 11.9 Å². The zero-order valence-electron chi connectivity index (χ0n) is 11.1. The lowest BCUT2D eigenvalue weighted by Crippen LogP contribution is -2.31. The van der Waals surface area contributed by atoms with Crippen molar-refractivity contribution in [3.05, 3.63) is 28.2 Å². The van der Waals surface area contributed by atoms with E-state index in [9.17, 15) is 4.79 Å². The van der Waals surface area contributed by atoms with Crippen LogP contribution in [0.5, 0.6) is 5.75 Å². The summed E-state index contributed by atoms with van der Waals surface area (Å²) < 4.78 is 5.83. The van der Waals surface area contributed by atoms with Gasteiger partial charge in [-0.05, 0) is 25.1 Å². The molecule has 4 nitrogen and oxygen atoms in total. The Morgan fingerprint density at radius 3 is 2.90 bits per heavy atom. The van der Waals surface area contributed by atoms with Crippen molar-refractivity contribution in [3.63, 3.8) is 0 Å². The van der Waals surface area contributed by atoms with E-state index in [0.29, 0.717) is 35.3 Å². The summed E-state index contributed by atoms with van der Waals surface area (Å²) in [6.07, 6.45) is 2.08. The summed E-state index contributed by atoms with van der Waals surface area (Å²) in [4.78, 5) is 13.7. The van der Waals surface area contributed by atoms with Gasteiger partial charge in [0.15, 0.2) is 0 Å². The second kappa shape index (κ2) is 7.16. The molecule has 1 aliphatic heterocycles. The second-order valence-electron chi connectivity index (χ2n) is 4.84. The van der Waals surface area contributed by atoms with Crippen molar-refractivity contribution >= 4 is 29.1 Å². The minimum absolute atomic E-state index is 0.00840. The highest BCUT2D eigenvalue weighted by atomic mass is 35.5. The molecular formula is C14H18Cl2N2O2. The average Bonchev–Trinajstić information content (AvgIpc) is 2.89. The third-order valence-corrected chi connectivity index (χ3v) is 4.03. The first-order chi connectivity index (χ1) is 9.60. The fraction of sp³-hybridized carbons (Fsp3) is 0.500. The van der Waals surface area contributed by atoms with Crippen LogP contribution < -0.4 is 10.5 Å². The van der Waals surface area contributed by atoms with E-state index in [2.05, 4.69) is 0 Å². The summed E-state index contributed by atoms with van der Waals surface area (Å²) in [6, 6.07) is 5.19. The first kappa shape index (κ1) is 15.4. The molecule has 2 rings (SSSR count). The zero-order valence-corrected chi connectivity index (χ0v) is 12.7. The minimum Gasteiger partial charge on any atom is -0.488 e. The van der Waals surface area contributed by atoms with Crippen LogP contribution in [0.4, 0.5) is 0 Å². The summed E-state index contributed by atoms with van der Waals surface area (Å²) in [6.45, 7) is 1.89. The molecule has 1 atom stereocenters. The van der Waals surface area contributed by atoms with Gasteiger partial charge in [0.2, 0.25) is 5.91 Å². The molecule has 0 aliphatic carbocycles.